The van der Waals surface area contributed by atoms with Crippen molar-refractivity contribution < 1.29 is 9.59 Å². The van der Waals surface area contributed by atoms with Crippen LogP contribution >= 0.6 is 11.6 Å². The Morgan fingerprint density at radius 1 is 1.00 bits per heavy atom. The van der Waals surface area contributed by atoms with Crippen LogP contribution in [0.2, 0.25) is 5.02 Å². The molecule has 0 bridgehead atoms. The zero-order valence-corrected chi connectivity index (χ0v) is 15.0. The van der Waals surface area contributed by atoms with Gasteiger partial charge < -0.3 is 15.5 Å². The molecule has 3 rings (SSSR count). The fourth-order valence-electron chi connectivity index (χ4n) is 2.72. The zero-order valence-electron chi connectivity index (χ0n) is 14.2. The summed E-state index contributed by atoms with van der Waals surface area (Å²) in [6, 6.07) is 16.0. The number of nitrogens with zero attached hydrogens (tertiary/aromatic N) is 1. The number of carbonyl (C=O) groups excluding carboxylic acids is 2. The Kier molecular flexibility index (Phi) is 6.04. The number of piperazine rings is 1. The van der Waals surface area contributed by atoms with Crippen molar-refractivity contribution >= 4 is 29.5 Å². The minimum Gasteiger partial charge on any atom is -0.335 e. The van der Waals surface area contributed by atoms with Gasteiger partial charge in [-0.25, -0.2) is 0 Å². The summed E-state index contributed by atoms with van der Waals surface area (Å²) in [5.74, 6) is -0.539. The Balaban J connectivity index is 1.89. The molecule has 0 radical (unpaired) electrons. The van der Waals surface area contributed by atoms with E-state index >= 15 is 0 Å². The van der Waals surface area contributed by atoms with Gasteiger partial charge in [-0.3, -0.25) is 9.59 Å². The van der Waals surface area contributed by atoms with E-state index in [4.69, 9.17) is 11.6 Å². The van der Waals surface area contributed by atoms with E-state index in [1.807, 2.05) is 24.3 Å². The average Bonchev–Trinajstić information content (AvgIpc) is 2.70. The number of rotatable bonds is 4. The van der Waals surface area contributed by atoms with Crippen molar-refractivity contribution in [2.45, 2.75) is 0 Å². The highest BCUT2D eigenvalue weighted by molar-refractivity contribution is 6.32. The van der Waals surface area contributed by atoms with E-state index in [9.17, 15) is 9.59 Å². The standard InChI is InChI=1S/C20H20ClN3O2/c21-17-9-5-4-8-16(17)14-18(20(26)24-12-10-22-11-13-24)23-19(25)15-6-2-1-3-7-15/h1-9,14,22H,10-13H2,(H,23,25)/b18-14-. The molecular weight excluding hydrogens is 350 g/mol. The van der Waals surface area contributed by atoms with Crippen LogP contribution < -0.4 is 10.6 Å². The molecule has 2 aromatic carbocycles. The number of amides is 2. The van der Waals surface area contributed by atoms with Gasteiger partial charge in [0.1, 0.15) is 5.70 Å². The summed E-state index contributed by atoms with van der Waals surface area (Å²) in [7, 11) is 0. The summed E-state index contributed by atoms with van der Waals surface area (Å²) >= 11 is 6.22. The molecule has 5 nitrogen and oxygen atoms in total. The van der Waals surface area contributed by atoms with E-state index in [2.05, 4.69) is 10.6 Å². The Bertz CT molecular complexity index is 815. The van der Waals surface area contributed by atoms with Crippen LogP contribution in [0, 0.1) is 0 Å². The Hall–Kier alpha value is -2.63. The van der Waals surface area contributed by atoms with Crippen LogP contribution in [0.4, 0.5) is 0 Å². The Morgan fingerprint density at radius 2 is 1.65 bits per heavy atom. The maximum atomic E-state index is 13.0. The van der Waals surface area contributed by atoms with Crippen molar-refractivity contribution in [2.24, 2.45) is 0 Å². The monoisotopic (exact) mass is 369 g/mol. The second-order valence-corrected chi connectivity index (χ2v) is 6.35. The quantitative estimate of drug-likeness (QED) is 0.814. The van der Waals surface area contributed by atoms with Crippen LogP contribution in [0.1, 0.15) is 15.9 Å². The Morgan fingerprint density at radius 3 is 2.35 bits per heavy atom. The molecule has 0 spiro atoms. The smallest absolute Gasteiger partial charge is 0.270 e. The lowest BCUT2D eigenvalue weighted by Gasteiger charge is -2.28. The molecule has 2 aromatic rings. The molecule has 2 N–H and O–H groups in total. The third-order valence-corrected chi connectivity index (χ3v) is 4.47. The van der Waals surface area contributed by atoms with E-state index in [-0.39, 0.29) is 17.5 Å². The number of nitrogens with one attached hydrogen (secondary N) is 2. The molecule has 26 heavy (non-hydrogen) atoms. The number of carbonyl (C=O) groups is 2. The van der Waals surface area contributed by atoms with Crippen LogP contribution in [0.25, 0.3) is 6.08 Å². The largest absolute Gasteiger partial charge is 0.335 e. The lowest BCUT2D eigenvalue weighted by atomic mass is 10.1. The van der Waals surface area contributed by atoms with Crippen molar-refractivity contribution in [1.29, 1.82) is 0 Å². The van der Waals surface area contributed by atoms with Gasteiger partial charge in [-0.05, 0) is 29.8 Å². The molecule has 2 amide bonds. The van der Waals surface area contributed by atoms with E-state index in [1.54, 1.807) is 41.3 Å². The van der Waals surface area contributed by atoms with Crippen LogP contribution in [0.5, 0.6) is 0 Å². The number of hydrogen-bond donors (Lipinski definition) is 2. The Labute approximate surface area is 157 Å². The van der Waals surface area contributed by atoms with Crippen LogP contribution in [-0.4, -0.2) is 42.9 Å². The first-order valence-corrected chi connectivity index (χ1v) is 8.85. The van der Waals surface area contributed by atoms with Crippen molar-refractivity contribution in [3.63, 3.8) is 0 Å². The maximum Gasteiger partial charge on any atom is 0.270 e. The van der Waals surface area contributed by atoms with Crippen molar-refractivity contribution in [2.75, 3.05) is 26.2 Å². The van der Waals surface area contributed by atoms with E-state index in [1.165, 1.54) is 0 Å². The summed E-state index contributed by atoms with van der Waals surface area (Å²) in [5, 5.41) is 6.49. The van der Waals surface area contributed by atoms with E-state index < -0.39 is 0 Å². The third-order valence-electron chi connectivity index (χ3n) is 4.12. The summed E-state index contributed by atoms with van der Waals surface area (Å²) < 4.78 is 0. The minimum absolute atomic E-state index is 0.212. The molecular formula is C20H20ClN3O2. The number of halogens is 1. The lowest BCUT2D eigenvalue weighted by molar-refractivity contribution is -0.127. The lowest BCUT2D eigenvalue weighted by Crippen LogP contribution is -2.48. The van der Waals surface area contributed by atoms with Crippen molar-refractivity contribution in [1.82, 2.24) is 15.5 Å². The van der Waals surface area contributed by atoms with Crippen molar-refractivity contribution in [3.05, 3.63) is 76.4 Å². The van der Waals surface area contributed by atoms with Gasteiger partial charge in [0, 0.05) is 36.8 Å². The van der Waals surface area contributed by atoms with Gasteiger partial charge in [0.2, 0.25) is 0 Å². The molecule has 1 fully saturated rings. The SMILES string of the molecule is O=C(N/C(=C\c1ccccc1Cl)C(=O)N1CCNCC1)c1ccccc1. The second kappa shape index (κ2) is 8.65. The molecule has 1 heterocycles. The molecule has 0 unspecified atom stereocenters. The van der Waals surface area contributed by atoms with Gasteiger partial charge in [-0.2, -0.15) is 0 Å². The van der Waals surface area contributed by atoms with Crippen molar-refractivity contribution in [3.8, 4) is 0 Å². The summed E-state index contributed by atoms with van der Waals surface area (Å²) in [5.41, 5.74) is 1.39. The molecule has 0 atom stereocenters. The summed E-state index contributed by atoms with van der Waals surface area (Å²) in [6.07, 6.45) is 1.63. The van der Waals surface area contributed by atoms with Gasteiger partial charge in [0.15, 0.2) is 0 Å². The van der Waals surface area contributed by atoms with Gasteiger partial charge in [-0.15, -0.1) is 0 Å². The van der Waals surface area contributed by atoms with Crippen LogP contribution in [0.15, 0.2) is 60.3 Å². The molecule has 0 saturated carbocycles. The minimum atomic E-state index is -0.326. The van der Waals surface area contributed by atoms with Gasteiger partial charge >= 0.3 is 0 Å². The number of benzene rings is 2. The predicted molar refractivity (Wildman–Crippen MR) is 103 cm³/mol. The van der Waals surface area contributed by atoms with Gasteiger partial charge in [-0.1, -0.05) is 48.0 Å². The molecule has 6 heteroatoms. The molecule has 0 aromatic heterocycles. The highest BCUT2D eigenvalue weighted by Gasteiger charge is 2.22. The molecule has 1 aliphatic rings. The average molecular weight is 370 g/mol. The van der Waals surface area contributed by atoms with E-state index in [0.717, 1.165) is 13.1 Å². The normalized spacial score (nSPS) is 14.8. The number of hydrogen-bond acceptors (Lipinski definition) is 3. The first-order valence-electron chi connectivity index (χ1n) is 8.48. The molecule has 134 valence electrons. The fourth-order valence-corrected chi connectivity index (χ4v) is 2.91. The summed E-state index contributed by atoms with van der Waals surface area (Å²) in [6.45, 7) is 2.66. The first kappa shape index (κ1) is 18.2. The maximum absolute atomic E-state index is 13.0. The summed E-state index contributed by atoms with van der Waals surface area (Å²) in [4.78, 5) is 27.2. The first-order chi connectivity index (χ1) is 12.6. The zero-order chi connectivity index (χ0) is 18.4. The van der Waals surface area contributed by atoms with Gasteiger partial charge in [0.25, 0.3) is 11.8 Å². The van der Waals surface area contributed by atoms with Crippen LogP contribution in [-0.2, 0) is 4.79 Å². The third kappa shape index (κ3) is 4.50. The molecule has 0 aliphatic carbocycles. The fraction of sp³-hybridized carbons (Fsp3) is 0.200. The van der Waals surface area contributed by atoms with E-state index in [0.29, 0.717) is 29.2 Å². The predicted octanol–water partition coefficient (Wildman–Crippen LogP) is 2.54. The molecule has 1 aliphatic heterocycles. The van der Waals surface area contributed by atoms with Crippen LogP contribution in [0.3, 0.4) is 0 Å². The molecule has 1 saturated heterocycles. The topological polar surface area (TPSA) is 61.4 Å². The highest BCUT2D eigenvalue weighted by Crippen LogP contribution is 2.18. The van der Waals surface area contributed by atoms with Gasteiger partial charge in [0.05, 0.1) is 0 Å². The highest BCUT2D eigenvalue weighted by atomic mass is 35.5. The second-order valence-electron chi connectivity index (χ2n) is 5.94.